The van der Waals surface area contributed by atoms with E-state index in [9.17, 15) is 10.2 Å². The van der Waals surface area contributed by atoms with Crippen molar-refractivity contribution >= 4 is 11.0 Å². The first-order valence-electron chi connectivity index (χ1n) is 6.82. The summed E-state index contributed by atoms with van der Waals surface area (Å²) in [6, 6.07) is 12.3. The predicted molar refractivity (Wildman–Crippen MR) is 81.1 cm³/mol. The van der Waals surface area contributed by atoms with E-state index in [1.807, 2.05) is 31.2 Å². The SMILES string of the molecule is CC(NCc1nc2ccccc2[nH]1)c1cc(O)ccc1O. The van der Waals surface area contributed by atoms with E-state index < -0.39 is 0 Å². The summed E-state index contributed by atoms with van der Waals surface area (Å²) in [5.74, 6) is 1.14. The molecule has 3 rings (SSSR count). The topological polar surface area (TPSA) is 81.2 Å². The van der Waals surface area contributed by atoms with E-state index in [2.05, 4.69) is 15.3 Å². The first-order chi connectivity index (χ1) is 10.1. The smallest absolute Gasteiger partial charge is 0.121 e. The summed E-state index contributed by atoms with van der Waals surface area (Å²) in [6.45, 7) is 2.47. The van der Waals surface area contributed by atoms with Crippen molar-refractivity contribution in [3.05, 3.63) is 53.9 Å². The average Bonchev–Trinajstić information content (AvgIpc) is 2.90. The van der Waals surface area contributed by atoms with Crippen LogP contribution in [0.1, 0.15) is 24.4 Å². The van der Waals surface area contributed by atoms with Gasteiger partial charge < -0.3 is 20.5 Å². The lowest BCUT2D eigenvalue weighted by atomic mass is 10.1. The first kappa shape index (κ1) is 13.5. The number of nitrogens with one attached hydrogen (secondary N) is 2. The number of aromatic amines is 1. The zero-order valence-corrected chi connectivity index (χ0v) is 11.7. The number of para-hydroxylation sites is 2. The monoisotopic (exact) mass is 283 g/mol. The molecule has 1 heterocycles. The average molecular weight is 283 g/mol. The zero-order valence-electron chi connectivity index (χ0n) is 11.7. The fourth-order valence-electron chi connectivity index (χ4n) is 2.34. The Bertz CT molecular complexity index is 734. The molecule has 0 fully saturated rings. The van der Waals surface area contributed by atoms with Gasteiger partial charge in [0.2, 0.25) is 0 Å². The largest absolute Gasteiger partial charge is 0.508 e. The van der Waals surface area contributed by atoms with Crippen LogP contribution in [0, 0.1) is 0 Å². The van der Waals surface area contributed by atoms with Crippen molar-refractivity contribution in [3.63, 3.8) is 0 Å². The minimum atomic E-state index is -0.106. The van der Waals surface area contributed by atoms with E-state index in [-0.39, 0.29) is 17.5 Å². The molecule has 4 N–H and O–H groups in total. The van der Waals surface area contributed by atoms with Crippen LogP contribution >= 0.6 is 0 Å². The molecule has 5 heteroatoms. The molecule has 0 radical (unpaired) electrons. The third kappa shape index (κ3) is 2.83. The van der Waals surface area contributed by atoms with Crippen LogP contribution in [-0.2, 0) is 6.54 Å². The minimum Gasteiger partial charge on any atom is -0.508 e. The second-order valence-electron chi connectivity index (χ2n) is 5.05. The van der Waals surface area contributed by atoms with Crippen LogP contribution in [0.3, 0.4) is 0 Å². The Morgan fingerprint density at radius 2 is 2.00 bits per heavy atom. The van der Waals surface area contributed by atoms with Gasteiger partial charge in [-0.1, -0.05) is 12.1 Å². The van der Waals surface area contributed by atoms with Crippen molar-refractivity contribution in [1.82, 2.24) is 15.3 Å². The quantitative estimate of drug-likeness (QED) is 0.555. The highest BCUT2D eigenvalue weighted by Gasteiger charge is 2.11. The highest BCUT2D eigenvalue weighted by atomic mass is 16.3. The second kappa shape index (κ2) is 5.46. The number of hydrogen-bond donors (Lipinski definition) is 4. The van der Waals surface area contributed by atoms with Gasteiger partial charge in [-0.2, -0.15) is 0 Å². The van der Waals surface area contributed by atoms with E-state index in [1.54, 1.807) is 6.07 Å². The van der Waals surface area contributed by atoms with Gasteiger partial charge in [-0.25, -0.2) is 4.98 Å². The lowest BCUT2D eigenvalue weighted by molar-refractivity contribution is 0.440. The van der Waals surface area contributed by atoms with Crippen LogP contribution in [0.15, 0.2) is 42.5 Å². The number of nitrogens with zero attached hydrogens (tertiary/aromatic N) is 1. The molecule has 0 spiro atoms. The van der Waals surface area contributed by atoms with Gasteiger partial charge in [0.05, 0.1) is 17.6 Å². The third-order valence-corrected chi connectivity index (χ3v) is 3.49. The maximum absolute atomic E-state index is 9.84. The van der Waals surface area contributed by atoms with E-state index in [0.717, 1.165) is 16.9 Å². The van der Waals surface area contributed by atoms with Crippen molar-refractivity contribution in [2.24, 2.45) is 0 Å². The second-order valence-corrected chi connectivity index (χ2v) is 5.05. The van der Waals surface area contributed by atoms with E-state index in [0.29, 0.717) is 12.1 Å². The Kier molecular flexibility index (Phi) is 3.50. The number of phenols is 2. The molecule has 108 valence electrons. The minimum absolute atomic E-state index is 0.106. The van der Waals surface area contributed by atoms with Crippen molar-refractivity contribution < 1.29 is 10.2 Å². The molecule has 1 unspecified atom stereocenters. The number of imidazole rings is 1. The molecule has 0 saturated heterocycles. The fourth-order valence-corrected chi connectivity index (χ4v) is 2.34. The Balaban J connectivity index is 1.73. The van der Waals surface area contributed by atoms with Gasteiger partial charge in [-0.05, 0) is 37.3 Å². The molecule has 1 atom stereocenters. The number of hydrogen-bond acceptors (Lipinski definition) is 4. The number of H-pyrrole nitrogens is 1. The molecule has 5 nitrogen and oxygen atoms in total. The highest BCUT2D eigenvalue weighted by Crippen LogP contribution is 2.27. The Labute approximate surface area is 122 Å². The van der Waals surface area contributed by atoms with E-state index in [1.165, 1.54) is 12.1 Å². The van der Waals surface area contributed by atoms with Gasteiger partial charge in [-0.3, -0.25) is 0 Å². The van der Waals surface area contributed by atoms with Crippen molar-refractivity contribution in [1.29, 1.82) is 0 Å². The summed E-state index contributed by atoms with van der Waals surface area (Å²) >= 11 is 0. The van der Waals surface area contributed by atoms with Gasteiger partial charge in [0.25, 0.3) is 0 Å². The molecular weight excluding hydrogens is 266 g/mol. The normalized spacial score (nSPS) is 12.6. The van der Waals surface area contributed by atoms with Crippen LogP contribution in [0.25, 0.3) is 11.0 Å². The molecule has 0 bridgehead atoms. The molecule has 2 aromatic carbocycles. The predicted octanol–water partition coefficient (Wildman–Crippen LogP) is 2.82. The maximum Gasteiger partial charge on any atom is 0.121 e. The number of phenolic OH excluding ortho intramolecular Hbond substituents is 2. The number of rotatable bonds is 4. The van der Waals surface area contributed by atoms with Crippen molar-refractivity contribution in [3.8, 4) is 11.5 Å². The number of fused-ring (bicyclic) bond motifs is 1. The lowest BCUT2D eigenvalue weighted by Crippen LogP contribution is -2.18. The molecular formula is C16H17N3O2. The number of aromatic hydroxyl groups is 2. The van der Waals surface area contributed by atoms with Gasteiger partial charge in [0.1, 0.15) is 17.3 Å². The summed E-state index contributed by atoms with van der Waals surface area (Å²) < 4.78 is 0. The van der Waals surface area contributed by atoms with Gasteiger partial charge >= 0.3 is 0 Å². The zero-order chi connectivity index (χ0) is 14.8. The van der Waals surface area contributed by atoms with Crippen molar-refractivity contribution in [2.45, 2.75) is 19.5 Å². The van der Waals surface area contributed by atoms with Gasteiger partial charge in [0, 0.05) is 11.6 Å². The summed E-state index contributed by atoms with van der Waals surface area (Å²) in [4.78, 5) is 7.73. The fraction of sp³-hybridized carbons (Fsp3) is 0.188. The van der Waals surface area contributed by atoms with Crippen LogP contribution in [0.2, 0.25) is 0 Å². The Hall–Kier alpha value is -2.53. The summed E-state index contributed by atoms with van der Waals surface area (Å²) in [7, 11) is 0. The molecule has 0 saturated carbocycles. The molecule has 21 heavy (non-hydrogen) atoms. The van der Waals surface area contributed by atoms with E-state index >= 15 is 0 Å². The van der Waals surface area contributed by atoms with Crippen LogP contribution in [-0.4, -0.2) is 20.2 Å². The summed E-state index contributed by atoms with van der Waals surface area (Å²) in [5.41, 5.74) is 2.59. The highest BCUT2D eigenvalue weighted by molar-refractivity contribution is 5.74. The molecule has 0 amide bonds. The van der Waals surface area contributed by atoms with Gasteiger partial charge in [-0.15, -0.1) is 0 Å². The maximum atomic E-state index is 9.84. The molecule has 1 aromatic heterocycles. The third-order valence-electron chi connectivity index (χ3n) is 3.49. The number of benzene rings is 2. The summed E-state index contributed by atoms with van der Waals surface area (Å²) in [5, 5.41) is 22.6. The Morgan fingerprint density at radius 1 is 1.19 bits per heavy atom. The van der Waals surface area contributed by atoms with Crippen LogP contribution < -0.4 is 5.32 Å². The van der Waals surface area contributed by atoms with Crippen LogP contribution in [0.4, 0.5) is 0 Å². The molecule has 0 aliphatic heterocycles. The standard InChI is InChI=1S/C16H17N3O2/c1-10(12-8-11(20)6-7-15(12)21)17-9-16-18-13-4-2-3-5-14(13)19-16/h2-8,10,17,20-21H,9H2,1H3,(H,18,19). The molecule has 0 aliphatic carbocycles. The van der Waals surface area contributed by atoms with Crippen LogP contribution in [0.5, 0.6) is 11.5 Å². The lowest BCUT2D eigenvalue weighted by Gasteiger charge is -2.15. The van der Waals surface area contributed by atoms with Crippen molar-refractivity contribution in [2.75, 3.05) is 0 Å². The molecule has 0 aliphatic rings. The van der Waals surface area contributed by atoms with E-state index in [4.69, 9.17) is 0 Å². The Morgan fingerprint density at radius 3 is 2.81 bits per heavy atom. The number of aromatic nitrogens is 2. The summed E-state index contributed by atoms with van der Waals surface area (Å²) in [6.07, 6.45) is 0. The molecule has 3 aromatic rings. The first-order valence-corrected chi connectivity index (χ1v) is 6.82. The van der Waals surface area contributed by atoms with Gasteiger partial charge in [0.15, 0.2) is 0 Å².